The molecule has 0 saturated heterocycles. The van der Waals surface area contributed by atoms with Crippen molar-refractivity contribution in [1.82, 2.24) is 0 Å². The summed E-state index contributed by atoms with van der Waals surface area (Å²) in [7, 11) is 0. The van der Waals surface area contributed by atoms with E-state index in [1.54, 1.807) is 6.92 Å². The van der Waals surface area contributed by atoms with Gasteiger partial charge in [0.15, 0.2) is 0 Å². The molecular weight excluding hydrogens is 148 g/mol. The Morgan fingerprint density at radius 3 is 2.22 bits per heavy atom. The molecule has 0 amide bonds. The number of hydrogen-bond donors (Lipinski definition) is 1. The molecule has 0 heterocycles. The summed E-state index contributed by atoms with van der Waals surface area (Å²) in [6.45, 7) is 1.91. The average molecular weight is 158 g/mol. The quantitative estimate of drug-likeness (QED) is 0.650. The Morgan fingerprint density at radius 2 is 2.11 bits per heavy atom. The molecule has 1 nitrogen and oxygen atoms in total. The van der Waals surface area contributed by atoms with E-state index in [1.807, 2.05) is 0 Å². The smallest absolute Gasteiger partial charge is 0.266 e. The van der Waals surface area contributed by atoms with Gasteiger partial charge in [-0.1, -0.05) is 6.92 Å². The van der Waals surface area contributed by atoms with Crippen LogP contribution in [0.2, 0.25) is 0 Å². The second-order valence-corrected chi connectivity index (χ2v) is 1.67. The van der Waals surface area contributed by atoms with Gasteiger partial charge in [0.05, 0.1) is 0 Å². The molecule has 9 heavy (non-hydrogen) atoms. The topological polar surface area (TPSA) is 26.0 Å². The van der Waals surface area contributed by atoms with Crippen molar-refractivity contribution in [1.29, 1.82) is 0 Å². The molecule has 0 bridgehead atoms. The van der Waals surface area contributed by atoms with E-state index in [2.05, 4.69) is 0 Å². The fourth-order valence-electron chi connectivity index (χ4n) is 0.283. The Balaban J connectivity index is 0. The van der Waals surface area contributed by atoms with Gasteiger partial charge < -0.3 is 5.73 Å². The fourth-order valence-corrected chi connectivity index (χ4v) is 0.283. The van der Waals surface area contributed by atoms with E-state index in [-0.39, 0.29) is 24.9 Å². The van der Waals surface area contributed by atoms with Gasteiger partial charge in [-0.15, -0.1) is 12.4 Å². The fraction of sp³-hybridized carbons (Fsp3) is 0.600. The molecule has 0 aliphatic rings. The highest BCUT2D eigenvalue weighted by molar-refractivity contribution is 5.85. The van der Waals surface area contributed by atoms with Crippen molar-refractivity contribution in [2.75, 3.05) is 6.54 Å². The van der Waals surface area contributed by atoms with Crippen molar-refractivity contribution >= 4 is 12.4 Å². The Kier molecular flexibility index (Phi) is 7.72. The van der Waals surface area contributed by atoms with Gasteiger partial charge in [0, 0.05) is 0 Å². The standard InChI is InChI=1S/C5H9F2N.ClH/c1-4(3-8)2-5(6)7;/h2,4H,3,8H2,1H3;1H. The van der Waals surface area contributed by atoms with Gasteiger partial charge in [0.1, 0.15) is 0 Å². The highest BCUT2D eigenvalue weighted by Crippen LogP contribution is 2.02. The van der Waals surface area contributed by atoms with E-state index >= 15 is 0 Å². The maximum absolute atomic E-state index is 11.3. The minimum atomic E-state index is -1.65. The van der Waals surface area contributed by atoms with Gasteiger partial charge >= 0.3 is 0 Å². The predicted octanol–water partition coefficient (Wildman–Crippen LogP) is 1.78. The molecule has 0 spiro atoms. The summed E-state index contributed by atoms with van der Waals surface area (Å²) in [5.41, 5.74) is 5.04. The lowest BCUT2D eigenvalue weighted by atomic mass is 10.2. The first-order chi connectivity index (χ1) is 3.66. The van der Waals surface area contributed by atoms with Crippen molar-refractivity contribution < 1.29 is 8.78 Å². The minimum Gasteiger partial charge on any atom is -0.330 e. The van der Waals surface area contributed by atoms with Crippen LogP contribution in [-0.2, 0) is 0 Å². The first kappa shape index (κ1) is 11.6. The van der Waals surface area contributed by atoms with Crippen molar-refractivity contribution in [2.45, 2.75) is 6.92 Å². The van der Waals surface area contributed by atoms with Gasteiger partial charge in [-0.05, 0) is 18.5 Å². The summed E-state index contributed by atoms with van der Waals surface area (Å²) in [4.78, 5) is 0. The monoisotopic (exact) mass is 157 g/mol. The number of halogens is 3. The predicted molar refractivity (Wildman–Crippen MR) is 35.8 cm³/mol. The molecule has 1 unspecified atom stereocenters. The maximum Gasteiger partial charge on any atom is 0.266 e. The Hall–Kier alpha value is -0.150. The molecule has 0 fully saturated rings. The van der Waals surface area contributed by atoms with E-state index in [0.717, 1.165) is 6.08 Å². The number of nitrogens with two attached hydrogens (primary N) is 1. The Bertz CT molecular complexity index is 91.0. The van der Waals surface area contributed by atoms with Gasteiger partial charge in [-0.25, -0.2) is 0 Å². The highest BCUT2D eigenvalue weighted by Gasteiger charge is 1.95. The molecule has 1 atom stereocenters. The third-order valence-corrected chi connectivity index (χ3v) is 0.782. The zero-order valence-corrected chi connectivity index (χ0v) is 5.92. The first-order valence-electron chi connectivity index (χ1n) is 2.39. The average Bonchev–Trinajstić information content (AvgIpc) is 1.65. The summed E-state index contributed by atoms with van der Waals surface area (Å²) < 4.78 is 22.6. The zero-order chi connectivity index (χ0) is 6.57. The molecule has 56 valence electrons. The van der Waals surface area contributed by atoms with Gasteiger partial charge in [-0.3, -0.25) is 0 Å². The molecule has 0 saturated carbocycles. The lowest BCUT2D eigenvalue weighted by Crippen LogP contribution is -2.07. The molecule has 0 aromatic carbocycles. The van der Waals surface area contributed by atoms with Crippen LogP contribution >= 0.6 is 12.4 Å². The first-order valence-corrected chi connectivity index (χ1v) is 2.39. The van der Waals surface area contributed by atoms with Crippen LogP contribution in [0.5, 0.6) is 0 Å². The van der Waals surface area contributed by atoms with E-state index in [1.165, 1.54) is 0 Å². The van der Waals surface area contributed by atoms with Crippen LogP contribution in [0.1, 0.15) is 6.92 Å². The van der Waals surface area contributed by atoms with Crippen molar-refractivity contribution in [3.8, 4) is 0 Å². The number of rotatable bonds is 2. The molecule has 4 heteroatoms. The minimum absolute atomic E-state index is 0. The van der Waals surface area contributed by atoms with Crippen LogP contribution < -0.4 is 5.73 Å². The van der Waals surface area contributed by atoms with Crippen LogP contribution in [0.4, 0.5) is 8.78 Å². The Labute approximate surface area is 59.3 Å². The van der Waals surface area contributed by atoms with E-state index in [9.17, 15) is 8.78 Å². The lowest BCUT2D eigenvalue weighted by Gasteiger charge is -1.95. The van der Waals surface area contributed by atoms with Crippen molar-refractivity contribution in [3.05, 3.63) is 12.2 Å². The van der Waals surface area contributed by atoms with Crippen LogP contribution in [-0.4, -0.2) is 6.54 Å². The third kappa shape index (κ3) is 7.85. The maximum atomic E-state index is 11.3. The largest absolute Gasteiger partial charge is 0.330 e. The number of hydrogen-bond acceptors (Lipinski definition) is 1. The second-order valence-electron chi connectivity index (χ2n) is 1.67. The summed E-state index contributed by atoms with van der Waals surface area (Å²) in [6, 6.07) is 0. The van der Waals surface area contributed by atoms with E-state index < -0.39 is 6.08 Å². The van der Waals surface area contributed by atoms with Crippen LogP contribution in [0.25, 0.3) is 0 Å². The van der Waals surface area contributed by atoms with Crippen molar-refractivity contribution in [3.63, 3.8) is 0 Å². The molecule has 0 rings (SSSR count). The van der Waals surface area contributed by atoms with Crippen molar-refractivity contribution in [2.24, 2.45) is 11.7 Å². The van der Waals surface area contributed by atoms with Crippen LogP contribution in [0, 0.1) is 5.92 Å². The van der Waals surface area contributed by atoms with Gasteiger partial charge in [0.25, 0.3) is 6.08 Å². The Morgan fingerprint density at radius 1 is 1.67 bits per heavy atom. The lowest BCUT2D eigenvalue weighted by molar-refractivity contribution is 0.411. The van der Waals surface area contributed by atoms with Gasteiger partial charge in [0.2, 0.25) is 0 Å². The summed E-state index contributed by atoms with van der Waals surface area (Å²) >= 11 is 0. The summed E-state index contributed by atoms with van der Waals surface area (Å²) in [5.74, 6) is -0.208. The molecular formula is C5H10ClF2N. The third-order valence-electron chi connectivity index (χ3n) is 0.782. The van der Waals surface area contributed by atoms with Crippen LogP contribution in [0.3, 0.4) is 0 Å². The van der Waals surface area contributed by atoms with Gasteiger partial charge in [-0.2, -0.15) is 8.78 Å². The second kappa shape index (κ2) is 5.98. The van der Waals surface area contributed by atoms with E-state index in [0.29, 0.717) is 0 Å². The normalized spacial score (nSPS) is 11.6. The molecule has 0 aromatic heterocycles. The molecule has 0 aromatic rings. The molecule has 0 aliphatic carbocycles. The molecule has 0 aliphatic heterocycles. The summed E-state index contributed by atoms with van der Waals surface area (Å²) in [6.07, 6.45) is -0.803. The summed E-state index contributed by atoms with van der Waals surface area (Å²) in [5, 5.41) is 0. The SMILES string of the molecule is CC(C=C(F)F)CN.Cl. The highest BCUT2D eigenvalue weighted by atomic mass is 35.5. The molecule has 0 radical (unpaired) electrons. The van der Waals surface area contributed by atoms with E-state index in [4.69, 9.17) is 5.73 Å². The molecule has 2 N–H and O–H groups in total. The zero-order valence-electron chi connectivity index (χ0n) is 5.10. The van der Waals surface area contributed by atoms with Crippen LogP contribution in [0.15, 0.2) is 12.2 Å².